The largest absolute Gasteiger partial charge is 0.490 e. The number of hydrogen-bond acceptors (Lipinski definition) is 7. The van der Waals surface area contributed by atoms with Crippen molar-refractivity contribution in [3.05, 3.63) is 6.33 Å². The smallest absolute Gasteiger partial charge is 0.213 e. The summed E-state index contributed by atoms with van der Waals surface area (Å²) in [5, 5.41) is 2.82. The van der Waals surface area contributed by atoms with E-state index in [1.54, 1.807) is 0 Å². The lowest BCUT2D eigenvalue weighted by atomic mass is 10.4. The maximum atomic E-state index is 11.2. The van der Waals surface area contributed by atoms with Crippen molar-refractivity contribution in [2.75, 3.05) is 37.5 Å². The van der Waals surface area contributed by atoms with Gasteiger partial charge in [-0.05, 0) is 7.05 Å². The number of ether oxygens (including phenoxy) is 1. The van der Waals surface area contributed by atoms with Gasteiger partial charge in [0.2, 0.25) is 15.8 Å². The maximum Gasteiger partial charge on any atom is 0.213 e. The van der Waals surface area contributed by atoms with Gasteiger partial charge >= 0.3 is 0 Å². The number of nitrogens with two attached hydrogens (primary N) is 1. The Kier molecular flexibility index (Phi) is 4.46. The van der Waals surface area contributed by atoms with Gasteiger partial charge in [-0.15, -0.1) is 0 Å². The summed E-state index contributed by atoms with van der Waals surface area (Å²) in [6, 6.07) is 0. The first-order valence-corrected chi connectivity index (χ1v) is 6.45. The molecule has 0 fully saturated rings. The normalized spacial score (nSPS) is 11.2. The quantitative estimate of drug-likeness (QED) is 0.602. The summed E-state index contributed by atoms with van der Waals surface area (Å²) < 4.78 is 29.6. The minimum atomic E-state index is -3.25. The molecule has 0 bridgehead atoms. The molecule has 0 spiro atoms. The monoisotopic (exact) mass is 261 g/mol. The minimum absolute atomic E-state index is 0.0729. The van der Waals surface area contributed by atoms with Crippen LogP contribution in [0.25, 0.3) is 0 Å². The number of aromatic nitrogens is 2. The Labute approximate surface area is 99.6 Å². The molecule has 96 valence electrons. The third-order valence-electron chi connectivity index (χ3n) is 2.01. The zero-order valence-electron chi connectivity index (χ0n) is 9.60. The fraction of sp³-hybridized carbons (Fsp3) is 0.500. The van der Waals surface area contributed by atoms with Gasteiger partial charge in [-0.2, -0.15) is 0 Å². The van der Waals surface area contributed by atoms with Gasteiger partial charge in [-0.3, -0.25) is 0 Å². The van der Waals surface area contributed by atoms with Gasteiger partial charge in [0.1, 0.15) is 6.33 Å². The van der Waals surface area contributed by atoms with E-state index in [1.165, 1.54) is 20.5 Å². The van der Waals surface area contributed by atoms with Crippen LogP contribution >= 0.6 is 0 Å². The summed E-state index contributed by atoms with van der Waals surface area (Å²) in [7, 11) is -0.452. The lowest BCUT2D eigenvalue weighted by Gasteiger charge is -2.10. The first-order chi connectivity index (χ1) is 8.00. The topological polar surface area (TPSA) is 119 Å². The Morgan fingerprint density at radius 2 is 2.18 bits per heavy atom. The van der Waals surface area contributed by atoms with E-state index in [0.717, 1.165) is 0 Å². The van der Waals surface area contributed by atoms with Crippen LogP contribution in [-0.2, 0) is 10.0 Å². The molecule has 1 aromatic rings. The van der Waals surface area contributed by atoms with Gasteiger partial charge in [0.25, 0.3) is 0 Å². The minimum Gasteiger partial charge on any atom is -0.490 e. The van der Waals surface area contributed by atoms with E-state index < -0.39 is 10.0 Å². The number of hydrogen-bond donors (Lipinski definition) is 3. The van der Waals surface area contributed by atoms with Crippen molar-refractivity contribution in [1.82, 2.24) is 14.7 Å². The van der Waals surface area contributed by atoms with Crippen LogP contribution in [0.2, 0.25) is 0 Å². The van der Waals surface area contributed by atoms with Crippen molar-refractivity contribution in [2.45, 2.75) is 0 Å². The molecule has 8 nitrogen and oxygen atoms in total. The third kappa shape index (κ3) is 3.71. The summed E-state index contributed by atoms with van der Waals surface area (Å²) in [6.07, 6.45) is 1.27. The number of nitrogen functional groups attached to an aromatic ring is 1. The molecule has 0 saturated carbocycles. The molecule has 1 rings (SSSR count). The molecule has 1 aromatic heterocycles. The molecule has 17 heavy (non-hydrogen) atoms. The maximum absolute atomic E-state index is 11.2. The summed E-state index contributed by atoms with van der Waals surface area (Å²) >= 11 is 0. The van der Waals surface area contributed by atoms with Crippen LogP contribution in [0.3, 0.4) is 0 Å². The van der Waals surface area contributed by atoms with Crippen LogP contribution in [-0.4, -0.2) is 44.8 Å². The van der Waals surface area contributed by atoms with Gasteiger partial charge in [-0.1, -0.05) is 0 Å². The van der Waals surface area contributed by atoms with Crippen LogP contribution in [0.5, 0.6) is 5.75 Å². The van der Waals surface area contributed by atoms with Gasteiger partial charge in [0.15, 0.2) is 11.6 Å². The molecule has 0 aliphatic rings. The van der Waals surface area contributed by atoms with E-state index in [2.05, 4.69) is 20.0 Å². The number of methoxy groups -OCH3 is 1. The third-order valence-corrected chi connectivity index (χ3v) is 3.37. The highest BCUT2D eigenvalue weighted by molar-refractivity contribution is 7.89. The summed E-state index contributed by atoms with van der Waals surface area (Å²) in [5.74, 6) is 0.790. The van der Waals surface area contributed by atoms with Crippen LogP contribution in [0.1, 0.15) is 0 Å². The predicted octanol–water partition coefficient (Wildman–Crippen LogP) is -0.971. The molecule has 0 radical (unpaired) electrons. The van der Waals surface area contributed by atoms with Crippen molar-refractivity contribution >= 4 is 21.7 Å². The SMILES string of the molecule is CNS(=O)(=O)CCNc1ncnc(N)c1OC. The van der Waals surface area contributed by atoms with Crippen molar-refractivity contribution in [1.29, 1.82) is 0 Å². The number of rotatable bonds is 6. The number of nitrogens with zero attached hydrogens (tertiary/aromatic N) is 2. The molecular formula is C8H15N5O3S. The van der Waals surface area contributed by atoms with Gasteiger partial charge in [0.05, 0.1) is 12.9 Å². The molecule has 4 N–H and O–H groups in total. The average Bonchev–Trinajstić information content (AvgIpc) is 2.29. The number of nitrogens with one attached hydrogen (secondary N) is 2. The molecule has 0 atom stereocenters. The molecule has 0 aromatic carbocycles. The zero-order chi connectivity index (χ0) is 12.9. The molecule has 0 aliphatic heterocycles. The lowest BCUT2D eigenvalue weighted by molar-refractivity contribution is 0.415. The predicted molar refractivity (Wildman–Crippen MR) is 64.3 cm³/mol. The van der Waals surface area contributed by atoms with Crippen molar-refractivity contribution in [2.24, 2.45) is 0 Å². The Morgan fingerprint density at radius 3 is 2.76 bits per heavy atom. The highest BCUT2D eigenvalue weighted by Gasteiger charge is 2.11. The van der Waals surface area contributed by atoms with Gasteiger partial charge in [-0.25, -0.2) is 23.1 Å². The van der Waals surface area contributed by atoms with E-state index in [1.807, 2.05) is 0 Å². The fourth-order valence-electron chi connectivity index (χ4n) is 1.12. The van der Waals surface area contributed by atoms with E-state index in [-0.39, 0.29) is 18.1 Å². The summed E-state index contributed by atoms with van der Waals surface area (Å²) in [5.41, 5.74) is 5.57. The van der Waals surface area contributed by atoms with Crippen LogP contribution in [0, 0.1) is 0 Å². The summed E-state index contributed by atoms with van der Waals surface area (Å²) in [6.45, 7) is 0.190. The first-order valence-electron chi connectivity index (χ1n) is 4.79. The first kappa shape index (κ1) is 13.5. The van der Waals surface area contributed by atoms with E-state index in [4.69, 9.17) is 10.5 Å². The zero-order valence-corrected chi connectivity index (χ0v) is 10.4. The highest BCUT2D eigenvalue weighted by atomic mass is 32.2. The van der Waals surface area contributed by atoms with E-state index >= 15 is 0 Å². The number of sulfonamides is 1. The highest BCUT2D eigenvalue weighted by Crippen LogP contribution is 2.25. The van der Waals surface area contributed by atoms with Crippen molar-refractivity contribution < 1.29 is 13.2 Å². The van der Waals surface area contributed by atoms with Gasteiger partial charge < -0.3 is 15.8 Å². The molecule has 0 amide bonds. The Hall–Kier alpha value is -1.61. The molecule has 9 heteroatoms. The van der Waals surface area contributed by atoms with Crippen molar-refractivity contribution in [3.63, 3.8) is 0 Å². The second-order valence-electron chi connectivity index (χ2n) is 3.09. The molecule has 0 saturated heterocycles. The lowest BCUT2D eigenvalue weighted by Crippen LogP contribution is -2.26. The van der Waals surface area contributed by atoms with Gasteiger partial charge in [0, 0.05) is 6.54 Å². The standard InChI is InChI=1S/C8H15N5O3S/c1-10-17(14,15)4-3-11-8-6(16-2)7(9)12-5-13-8/h5,10H,3-4H2,1-2H3,(H3,9,11,12,13). The fourth-order valence-corrected chi connectivity index (χ4v) is 1.70. The average molecular weight is 261 g/mol. The second-order valence-corrected chi connectivity index (χ2v) is 5.14. The molecule has 0 unspecified atom stereocenters. The molecule has 1 heterocycles. The van der Waals surface area contributed by atoms with Crippen LogP contribution in [0.4, 0.5) is 11.6 Å². The Bertz CT molecular complexity index is 476. The summed E-state index contributed by atoms with van der Waals surface area (Å²) in [4.78, 5) is 7.67. The van der Waals surface area contributed by atoms with E-state index in [9.17, 15) is 8.42 Å². The molecule has 0 aliphatic carbocycles. The van der Waals surface area contributed by atoms with Crippen LogP contribution < -0.4 is 20.5 Å². The van der Waals surface area contributed by atoms with Crippen LogP contribution in [0.15, 0.2) is 6.33 Å². The Morgan fingerprint density at radius 1 is 1.47 bits per heavy atom. The van der Waals surface area contributed by atoms with E-state index in [0.29, 0.717) is 11.6 Å². The Balaban J connectivity index is 2.67. The van der Waals surface area contributed by atoms with Crippen molar-refractivity contribution in [3.8, 4) is 5.75 Å². The molecular weight excluding hydrogens is 246 g/mol. The number of anilines is 2. The second kappa shape index (κ2) is 5.64.